The first-order valence-electron chi connectivity index (χ1n) is 14.0. The summed E-state index contributed by atoms with van der Waals surface area (Å²) in [5, 5.41) is 2.93. The molecule has 0 aliphatic heterocycles. The molecule has 4 aromatic carbocycles. The van der Waals surface area contributed by atoms with E-state index in [4.69, 9.17) is 4.74 Å². The highest BCUT2D eigenvalue weighted by atomic mass is 32.2. The second kappa shape index (κ2) is 13.6. The van der Waals surface area contributed by atoms with Gasteiger partial charge in [0.05, 0.1) is 10.6 Å². The zero-order valence-electron chi connectivity index (χ0n) is 24.8. The Morgan fingerprint density at radius 2 is 1.28 bits per heavy atom. The smallest absolute Gasteiger partial charge is 0.264 e. The van der Waals surface area contributed by atoms with E-state index in [0.29, 0.717) is 11.5 Å². The summed E-state index contributed by atoms with van der Waals surface area (Å²) in [6.07, 6.45) is 0. The van der Waals surface area contributed by atoms with Gasteiger partial charge >= 0.3 is 0 Å². The fourth-order valence-electron chi connectivity index (χ4n) is 4.39. The van der Waals surface area contributed by atoms with Gasteiger partial charge in [-0.05, 0) is 81.8 Å². The Morgan fingerprint density at radius 1 is 0.767 bits per heavy atom. The van der Waals surface area contributed by atoms with E-state index in [0.717, 1.165) is 9.87 Å². The highest BCUT2D eigenvalue weighted by Crippen LogP contribution is 2.28. The third-order valence-electron chi connectivity index (χ3n) is 6.57. The maximum absolute atomic E-state index is 14.0. The molecule has 0 radical (unpaired) electrons. The molecular formula is C34H37N3O5S. The molecule has 0 bridgehead atoms. The lowest BCUT2D eigenvalue weighted by Gasteiger charge is -2.33. The molecule has 0 heterocycles. The molecule has 43 heavy (non-hydrogen) atoms. The van der Waals surface area contributed by atoms with Crippen LogP contribution in [0, 0.1) is 0 Å². The summed E-state index contributed by atoms with van der Waals surface area (Å²) in [5.74, 6) is 0.288. The van der Waals surface area contributed by atoms with Crippen molar-refractivity contribution in [3.05, 3.63) is 121 Å². The number of sulfonamides is 1. The van der Waals surface area contributed by atoms with Crippen LogP contribution in [0.1, 0.15) is 33.3 Å². The molecule has 9 heteroatoms. The van der Waals surface area contributed by atoms with E-state index >= 15 is 0 Å². The third-order valence-corrected chi connectivity index (χ3v) is 8.36. The van der Waals surface area contributed by atoms with Crippen LogP contribution in [-0.2, 0) is 26.2 Å². The second-order valence-corrected chi connectivity index (χ2v) is 13.0. The minimum atomic E-state index is -4.16. The standard InChI is InChI=1S/C34H37N3O5S/c1-26(33(39)35-34(2,3)4)36(24-27-14-8-5-9-15-27)32(38)25-37(43(40,41)31-18-12-7-13-19-31)28-20-22-30(23-21-28)42-29-16-10-6-11-17-29/h5-23,26H,24-25H2,1-4H3,(H,35,39)/t26-/m1/s1. The predicted octanol–water partition coefficient (Wildman–Crippen LogP) is 6.01. The summed E-state index contributed by atoms with van der Waals surface area (Å²) in [6.45, 7) is 6.84. The minimum absolute atomic E-state index is 0.0422. The van der Waals surface area contributed by atoms with E-state index in [1.54, 1.807) is 49.4 Å². The Hall–Kier alpha value is -4.63. The molecule has 0 saturated heterocycles. The van der Waals surface area contributed by atoms with Crippen LogP contribution in [0.2, 0.25) is 0 Å². The molecule has 1 atom stereocenters. The molecule has 0 spiro atoms. The minimum Gasteiger partial charge on any atom is -0.457 e. The van der Waals surface area contributed by atoms with E-state index in [-0.39, 0.29) is 23.0 Å². The fraction of sp³-hybridized carbons (Fsp3) is 0.235. The Bertz CT molecular complexity index is 1610. The Balaban J connectivity index is 1.69. The van der Waals surface area contributed by atoms with Crippen LogP contribution in [0.25, 0.3) is 0 Å². The Labute approximate surface area is 254 Å². The van der Waals surface area contributed by atoms with Crippen molar-refractivity contribution in [2.45, 2.75) is 50.7 Å². The summed E-state index contributed by atoms with van der Waals surface area (Å²) >= 11 is 0. The molecule has 0 aliphatic carbocycles. The van der Waals surface area contributed by atoms with Gasteiger partial charge in [-0.25, -0.2) is 8.42 Å². The van der Waals surface area contributed by atoms with Gasteiger partial charge in [0.25, 0.3) is 10.0 Å². The first-order chi connectivity index (χ1) is 20.4. The Morgan fingerprint density at radius 3 is 1.84 bits per heavy atom. The molecule has 0 unspecified atom stereocenters. The quantitative estimate of drug-likeness (QED) is 0.228. The lowest BCUT2D eigenvalue weighted by Crippen LogP contribution is -2.54. The number of ether oxygens (including phenoxy) is 1. The molecule has 8 nitrogen and oxygen atoms in total. The highest BCUT2D eigenvalue weighted by molar-refractivity contribution is 7.92. The van der Waals surface area contributed by atoms with Crippen LogP contribution < -0.4 is 14.4 Å². The van der Waals surface area contributed by atoms with E-state index in [9.17, 15) is 18.0 Å². The average Bonchev–Trinajstić information content (AvgIpc) is 2.99. The number of amides is 2. The summed E-state index contributed by atoms with van der Waals surface area (Å²) in [4.78, 5) is 28.7. The van der Waals surface area contributed by atoms with Crippen LogP contribution in [-0.4, -0.2) is 43.3 Å². The highest BCUT2D eigenvalue weighted by Gasteiger charge is 2.33. The molecule has 0 aliphatic rings. The van der Waals surface area contributed by atoms with Crippen molar-refractivity contribution in [1.82, 2.24) is 10.2 Å². The number of para-hydroxylation sites is 1. The van der Waals surface area contributed by atoms with Crippen LogP contribution in [0.5, 0.6) is 11.5 Å². The number of rotatable bonds is 11. The van der Waals surface area contributed by atoms with Crippen molar-refractivity contribution in [2.75, 3.05) is 10.8 Å². The van der Waals surface area contributed by atoms with Gasteiger partial charge in [-0.2, -0.15) is 0 Å². The van der Waals surface area contributed by atoms with Gasteiger partial charge in [0, 0.05) is 12.1 Å². The number of benzene rings is 4. The van der Waals surface area contributed by atoms with Crippen molar-refractivity contribution in [2.24, 2.45) is 0 Å². The van der Waals surface area contributed by atoms with Gasteiger partial charge < -0.3 is 15.0 Å². The maximum Gasteiger partial charge on any atom is 0.264 e. The normalized spacial score (nSPS) is 12.2. The van der Waals surface area contributed by atoms with Gasteiger partial charge in [-0.15, -0.1) is 0 Å². The average molecular weight is 600 g/mol. The van der Waals surface area contributed by atoms with Crippen LogP contribution in [0.3, 0.4) is 0 Å². The number of hydrogen-bond acceptors (Lipinski definition) is 5. The summed E-state index contributed by atoms with van der Waals surface area (Å²) in [5.41, 5.74) is 0.578. The number of carbonyl (C=O) groups excluding carboxylic acids is 2. The van der Waals surface area contributed by atoms with Crippen LogP contribution in [0.4, 0.5) is 5.69 Å². The topological polar surface area (TPSA) is 96.0 Å². The molecule has 224 valence electrons. The summed E-state index contributed by atoms with van der Waals surface area (Å²) in [6, 6.07) is 32.1. The van der Waals surface area contributed by atoms with Crippen molar-refractivity contribution in [3.63, 3.8) is 0 Å². The van der Waals surface area contributed by atoms with E-state index in [1.807, 2.05) is 81.4 Å². The third kappa shape index (κ3) is 8.45. The zero-order valence-corrected chi connectivity index (χ0v) is 25.6. The lowest BCUT2D eigenvalue weighted by atomic mass is 10.1. The van der Waals surface area contributed by atoms with E-state index in [2.05, 4.69) is 5.32 Å². The largest absolute Gasteiger partial charge is 0.457 e. The van der Waals surface area contributed by atoms with Gasteiger partial charge in [-0.1, -0.05) is 66.7 Å². The summed E-state index contributed by atoms with van der Waals surface area (Å²) < 4.78 is 34.9. The predicted molar refractivity (Wildman–Crippen MR) is 168 cm³/mol. The maximum atomic E-state index is 14.0. The lowest BCUT2D eigenvalue weighted by molar-refractivity contribution is -0.140. The molecule has 4 aromatic rings. The zero-order chi connectivity index (χ0) is 31.0. The Kier molecular flexibility index (Phi) is 9.88. The van der Waals surface area contributed by atoms with Gasteiger partial charge in [0.15, 0.2) is 0 Å². The number of nitrogens with one attached hydrogen (secondary N) is 1. The van der Waals surface area contributed by atoms with Crippen molar-refractivity contribution >= 4 is 27.5 Å². The van der Waals surface area contributed by atoms with Gasteiger partial charge in [0.1, 0.15) is 24.1 Å². The monoisotopic (exact) mass is 599 g/mol. The van der Waals surface area contributed by atoms with E-state index in [1.165, 1.54) is 17.0 Å². The number of hydrogen-bond donors (Lipinski definition) is 1. The number of anilines is 1. The summed E-state index contributed by atoms with van der Waals surface area (Å²) in [7, 11) is -4.16. The first kappa shape index (κ1) is 31.3. The molecule has 0 aromatic heterocycles. The van der Waals surface area contributed by atoms with Crippen molar-refractivity contribution in [3.8, 4) is 11.5 Å². The first-order valence-corrected chi connectivity index (χ1v) is 15.4. The molecule has 4 rings (SSSR count). The van der Waals surface area contributed by atoms with E-state index < -0.39 is 34.1 Å². The SMILES string of the molecule is C[C@H](C(=O)NC(C)(C)C)N(Cc1ccccc1)C(=O)CN(c1ccc(Oc2ccccc2)cc1)S(=O)(=O)c1ccccc1. The van der Waals surface area contributed by atoms with Gasteiger partial charge in [0.2, 0.25) is 11.8 Å². The molecule has 0 saturated carbocycles. The molecule has 2 amide bonds. The fourth-order valence-corrected chi connectivity index (χ4v) is 5.83. The van der Waals surface area contributed by atoms with Crippen LogP contribution in [0.15, 0.2) is 120 Å². The van der Waals surface area contributed by atoms with Crippen molar-refractivity contribution in [1.29, 1.82) is 0 Å². The van der Waals surface area contributed by atoms with Crippen molar-refractivity contribution < 1.29 is 22.7 Å². The number of carbonyl (C=O) groups is 2. The molecule has 1 N–H and O–H groups in total. The van der Waals surface area contributed by atoms with Crippen LogP contribution >= 0.6 is 0 Å². The second-order valence-electron chi connectivity index (χ2n) is 11.2. The molecular weight excluding hydrogens is 562 g/mol. The molecule has 0 fully saturated rings. The van der Waals surface area contributed by atoms with Gasteiger partial charge in [-0.3, -0.25) is 13.9 Å². The number of nitrogens with zero attached hydrogens (tertiary/aromatic N) is 2.